The zero-order valence-electron chi connectivity index (χ0n) is 10.3. The predicted octanol–water partition coefficient (Wildman–Crippen LogP) is 4.21. The number of halogens is 2. The Morgan fingerprint density at radius 1 is 1.47 bits per heavy atom. The molecule has 0 heterocycles. The van der Waals surface area contributed by atoms with E-state index >= 15 is 0 Å². The van der Waals surface area contributed by atoms with E-state index in [0.29, 0.717) is 10.6 Å². The summed E-state index contributed by atoms with van der Waals surface area (Å²) in [5.41, 5.74) is 0.695. The molecule has 0 bridgehead atoms. The molecule has 0 N–H and O–H groups in total. The van der Waals surface area contributed by atoms with Crippen molar-refractivity contribution in [3.05, 3.63) is 32.4 Å². The molecule has 0 radical (unpaired) electrons. The molecule has 0 aromatic heterocycles. The molecule has 0 unspecified atom stereocenters. The Kier molecular flexibility index (Phi) is 5.73. The number of nitrogens with zero attached hydrogens (tertiary/aromatic N) is 1. The van der Waals surface area contributed by atoms with Gasteiger partial charge in [0.1, 0.15) is 0 Å². The lowest BCUT2D eigenvalue weighted by Crippen LogP contribution is -2.37. The first-order valence-electron chi connectivity index (χ1n) is 5.73. The van der Waals surface area contributed by atoms with E-state index in [-0.39, 0.29) is 11.9 Å². The molecule has 0 aliphatic rings. The Hall–Kier alpha value is -0.290. The van der Waals surface area contributed by atoms with Crippen molar-refractivity contribution in [2.24, 2.45) is 0 Å². The molecule has 2 nitrogen and oxygen atoms in total. The van der Waals surface area contributed by atoms with Crippen LogP contribution in [0.2, 0.25) is 5.02 Å². The summed E-state index contributed by atoms with van der Waals surface area (Å²) in [7, 11) is 0. The highest BCUT2D eigenvalue weighted by molar-refractivity contribution is 14.1. The number of hydrogen-bond acceptors (Lipinski definition) is 1. The van der Waals surface area contributed by atoms with Gasteiger partial charge in [0, 0.05) is 21.2 Å². The standard InChI is InChI=1S/C13H17ClINO/c1-4-7-16(9(2)3)13(17)11-8-10(14)5-6-12(11)15/h5-6,8-9H,4,7H2,1-3H3. The number of carbonyl (C=O) groups excluding carboxylic acids is 1. The van der Waals surface area contributed by atoms with Crippen LogP contribution in [0, 0.1) is 3.57 Å². The molecule has 0 saturated carbocycles. The lowest BCUT2D eigenvalue weighted by Gasteiger charge is -2.26. The highest BCUT2D eigenvalue weighted by atomic mass is 127. The van der Waals surface area contributed by atoms with Gasteiger partial charge < -0.3 is 4.90 Å². The van der Waals surface area contributed by atoms with Crippen LogP contribution < -0.4 is 0 Å². The van der Waals surface area contributed by atoms with E-state index in [1.165, 1.54) is 0 Å². The van der Waals surface area contributed by atoms with Crippen LogP contribution in [0.25, 0.3) is 0 Å². The second kappa shape index (κ2) is 6.59. The maximum atomic E-state index is 12.4. The fourth-order valence-corrected chi connectivity index (χ4v) is 2.39. The average molecular weight is 366 g/mol. The SMILES string of the molecule is CCCN(C(=O)c1cc(Cl)ccc1I)C(C)C. The molecule has 0 fully saturated rings. The zero-order chi connectivity index (χ0) is 13.0. The summed E-state index contributed by atoms with van der Waals surface area (Å²) in [5, 5.41) is 0.606. The Bertz CT molecular complexity index is 406. The lowest BCUT2D eigenvalue weighted by atomic mass is 10.1. The molecule has 94 valence electrons. The van der Waals surface area contributed by atoms with Crippen LogP contribution in [0.4, 0.5) is 0 Å². The molecule has 1 amide bonds. The van der Waals surface area contributed by atoms with Crippen molar-refractivity contribution in [2.45, 2.75) is 33.2 Å². The molecule has 4 heteroatoms. The van der Waals surface area contributed by atoms with Crippen molar-refractivity contribution in [3.8, 4) is 0 Å². The minimum Gasteiger partial charge on any atom is -0.336 e. The average Bonchev–Trinajstić information content (AvgIpc) is 2.28. The van der Waals surface area contributed by atoms with Crippen LogP contribution in [-0.4, -0.2) is 23.4 Å². The Balaban J connectivity index is 3.04. The van der Waals surface area contributed by atoms with Crippen LogP contribution >= 0.6 is 34.2 Å². The van der Waals surface area contributed by atoms with Crippen LogP contribution in [0.15, 0.2) is 18.2 Å². The molecule has 1 aromatic rings. The van der Waals surface area contributed by atoms with Gasteiger partial charge >= 0.3 is 0 Å². The quantitative estimate of drug-likeness (QED) is 0.732. The summed E-state index contributed by atoms with van der Waals surface area (Å²) >= 11 is 8.12. The molecule has 0 aliphatic heterocycles. The van der Waals surface area contributed by atoms with Crippen molar-refractivity contribution in [1.29, 1.82) is 0 Å². The largest absolute Gasteiger partial charge is 0.336 e. The maximum absolute atomic E-state index is 12.4. The monoisotopic (exact) mass is 365 g/mol. The lowest BCUT2D eigenvalue weighted by molar-refractivity contribution is 0.0705. The van der Waals surface area contributed by atoms with Gasteiger partial charge in [-0.15, -0.1) is 0 Å². The Labute approximate surface area is 121 Å². The van der Waals surface area contributed by atoms with Gasteiger partial charge in [0.05, 0.1) is 5.56 Å². The van der Waals surface area contributed by atoms with Gasteiger partial charge in [0.2, 0.25) is 0 Å². The third-order valence-electron chi connectivity index (χ3n) is 2.51. The summed E-state index contributed by atoms with van der Waals surface area (Å²) in [5.74, 6) is 0.0637. The Morgan fingerprint density at radius 3 is 2.65 bits per heavy atom. The minimum absolute atomic E-state index is 0.0637. The molecule has 17 heavy (non-hydrogen) atoms. The van der Waals surface area contributed by atoms with Gasteiger partial charge in [-0.2, -0.15) is 0 Å². The van der Waals surface area contributed by atoms with Gasteiger partial charge in [-0.1, -0.05) is 18.5 Å². The maximum Gasteiger partial charge on any atom is 0.255 e. The molecule has 0 spiro atoms. The number of benzene rings is 1. The minimum atomic E-state index is 0.0637. The zero-order valence-corrected chi connectivity index (χ0v) is 13.2. The smallest absolute Gasteiger partial charge is 0.255 e. The van der Waals surface area contributed by atoms with E-state index in [4.69, 9.17) is 11.6 Å². The van der Waals surface area contributed by atoms with E-state index in [0.717, 1.165) is 16.5 Å². The van der Waals surface area contributed by atoms with Gasteiger partial charge in [-0.05, 0) is 61.1 Å². The van der Waals surface area contributed by atoms with Crippen LogP contribution in [0.5, 0.6) is 0 Å². The van der Waals surface area contributed by atoms with E-state index < -0.39 is 0 Å². The first-order valence-corrected chi connectivity index (χ1v) is 7.19. The molecular formula is C13H17ClINO. The summed E-state index contributed by atoms with van der Waals surface area (Å²) in [6.45, 7) is 6.92. The Morgan fingerprint density at radius 2 is 2.12 bits per heavy atom. The fraction of sp³-hybridized carbons (Fsp3) is 0.462. The van der Waals surface area contributed by atoms with Crippen LogP contribution in [-0.2, 0) is 0 Å². The van der Waals surface area contributed by atoms with Gasteiger partial charge in [0.25, 0.3) is 5.91 Å². The van der Waals surface area contributed by atoms with E-state index in [1.807, 2.05) is 24.8 Å². The first-order chi connectivity index (χ1) is 7.97. The summed E-state index contributed by atoms with van der Waals surface area (Å²) in [6.07, 6.45) is 0.959. The number of rotatable bonds is 4. The van der Waals surface area contributed by atoms with Gasteiger partial charge in [0.15, 0.2) is 0 Å². The van der Waals surface area contributed by atoms with Crippen molar-refractivity contribution in [3.63, 3.8) is 0 Å². The normalized spacial score (nSPS) is 10.7. The molecule has 0 atom stereocenters. The van der Waals surface area contributed by atoms with Crippen molar-refractivity contribution < 1.29 is 4.79 Å². The summed E-state index contributed by atoms with van der Waals surface area (Å²) in [4.78, 5) is 14.3. The molecule has 1 aromatic carbocycles. The third kappa shape index (κ3) is 3.85. The van der Waals surface area contributed by atoms with Crippen molar-refractivity contribution in [2.75, 3.05) is 6.54 Å². The number of amides is 1. The van der Waals surface area contributed by atoms with E-state index in [9.17, 15) is 4.79 Å². The van der Waals surface area contributed by atoms with E-state index in [2.05, 4.69) is 29.5 Å². The number of carbonyl (C=O) groups is 1. The highest BCUT2D eigenvalue weighted by Crippen LogP contribution is 2.20. The van der Waals surface area contributed by atoms with Crippen LogP contribution in [0.3, 0.4) is 0 Å². The van der Waals surface area contributed by atoms with Gasteiger partial charge in [-0.3, -0.25) is 4.79 Å². The van der Waals surface area contributed by atoms with Gasteiger partial charge in [-0.25, -0.2) is 0 Å². The molecule has 0 saturated heterocycles. The fourth-order valence-electron chi connectivity index (χ4n) is 1.65. The second-order valence-electron chi connectivity index (χ2n) is 4.22. The number of hydrogen-bond donors (Lipinski definition) is 0. The van der Waals surface area contributed by atoms with Crippen molar-refractivity contribution >= 4 is 40.1 Å². The summed E-state index contributed by atoms with van der Waals surface area (Å²) in [6, 6.07) is 5.63. The van der Waals surface area contributed by atoms with Crippen LogP contribution in [0.1, 0.15) is 37.6 Å². The summed E-state index contributed by atoms with van der Waals surface area (Å²) < 4.78 is 0.943. The first kappa shape index (κ1) is 14.8. The molecule has 0 aliphatic carbocycles. The molecule has 1 rings (SSSR count). The predicted molar refractivity (Wildman–Crippen MR) is 80.6 cm³/mol. The van der Waals surface area contributed by atoms with Crippen molar-refractivity contribution in [1.82, 2.24) is 4.90 Å². The topological polar surface area (TPSA) is 20.3 Å². The third-order valence-corrected chi connectivity index (χ3v) is 3.68. The second-order valence-corrected chi connectivity index (χ2v) is 5.82. The van der Waals surface area contributed by atoms with E-state index in [1.54, 1.807) is 12.1 Å². The highest BCUT2D eigenvalue weighted by Gasteiger charge is 2.20. The molecular weight excluding hydrogens is 349 g/mol.